The van der Waals surface area contributed by atoms with Gasteiger partial charge in [-0.05, 0) is 25.1 Å². The van der Waals surface area contributed by atoms with Crippen molar-refractivity contribution in [3.63, 3.8) is 0 Å². The highest BCUT2D eigenvalue weighted by Crippen LogP contribution is 2.22. The number of imidazole rings is 1. The second-order valence-corrected chi connectivity index (χ2v) is 4.70. The molecule has 2 aromatic heterocycles. The molecule has 0 bridgehead atoms. The molecule has 6 nitrogen and oxygen atoms in total. The first kappa shape index (κ1) is 14.2. The molecule has 6 heteroatoms. The zero-order valence-electron chi connectivity index (χ0n) is 12.2. The SMILES string of the molecule is CCOCC(=O)Nc1cccc2ccc(-n3ccnc3)nc12. The number of anilines is 1. The Bertz CT molecular complexity index is 784. The molecule has 1 amide bonds. The van der Waals surface area contributed by atoms with Crippen molar-refractivity contribution in [2.24, 2.45) is 0 Å². The third-order valence-corrected chi connectivity index (χ3v) is 3.19. The summed E-state index contributed by atoms with van der Waals surface area (Å²) in [5, 5.41) is 3.80. The Kier molecular flexibility index (Phi) is 4.11. The average Bonchev–Trinajstić information content (AvgIpc) is 3.07. The van der Waals surface area contributed by atoms with Crippen molar-refractivity contribution in [2.75, 3.05) is 18.5 Å². The molecule has 3 aromatic rings. The van der Waals surface area contributed by atoms with E-state index in [2.05, 4.69) is 15.3 Å². The van der Waals surface area contributed by atoms with Crippen LogP contribution >= 0.6 is 0 Å². The number of aromatic nitrogens is 3. The summed E-state index contributed by atoms with van der Waals surface area (Å²) < 4.78 is 6.94. The predicted molar refractivity (Wildman–Crippen MR) is 84.0 cm³/mol. The number of amides is 1. The number of carbonyl (C=O) groups excluding carboxylic acids is 1. The van der Waals surface area contributed by atoms with Gasteiger partial charge in [0.2, 0.25) is 5.91 Å². The van der Waals surface area contributed by atoms with Crippen LogP contribution in [0.4, 0.5) is 5.69 Å². The summed E-state index contributed by atoms with van der Waals surface area (Å²) in [4.78, 5) is 20.5. The fraction of sp³-hybridized carbons (Fsp3) is 0.188. The van der Waals surface area contributed by atoms with E-state index in [-0.39, 0.29) is 12.5 Å². The number of fused-ring (bicyclic) bond motifs is 1. The number of rotatable bonds is 5. The van der Waals surface area contributed by atoms with E-state index in [1.807, 2.05) is 48.0 Å². The Morgan fingerprint density at radius 1 is 1.32 bits per heavy atom. The van der Waals surface area contributed by atoms with Gasteiger partial charge in [0.25, 0.3) is 0 Å². The number of nitrogens with one attached hydrogen (secondary N) is 1. The number of hydrogen-bond donors (Lipinski definition) is 1. The summed E-state index contributed by atoms with van der Waals surface area (Å²) >= 11 is 0. The molecule has 0 atom stereocenters. The van der Waals surface area contributed by atoms with Gasteiger partial charge in [0, 0.05) is 24.4 Å². The first-order valence-electron chi connectivity index (χ1n) is 7.03. The Balaban J connectivity index is 1.95. The molecular weight excluding hydrogens is 280 g/mol. The zero-order chi connectivity index (χ0) is 15.4. The minimum Gasteiger partial charge on any atom is -0.372 e. The lowest BCUT2D eigenvalue weighted by molar-refractivity contribution is -0.120. The highest BCUT2D eigenvalue weighted by atomic mass is 16.5. The van der Waals surface area contributed by atoms with Crippen molar-refractivity contribution < 1.29 is 9.53 Å². The van der Waals surface area contributed by atoms with Gasteiger partial charge in [0.1, 0.15) is 18.8 Å². The molecule has 0 saturated carbocycles. The van der Waals surface area contributed by atoms with E-state index >= 15 is 0 Å². The molecular formula is C16H16N4O2. The Hall–Kier alpha value is -2.73. The van der Waals surface area contributed by atoms with Gasteiger partial charge in [0.05, 0.1) is 11.2 Å². The van der Waals surface area contributed by atoms with Crippen LogP contribution in [0.1, 0.15) is 6.92 Å². The molecule has 0 radical (unpaired) electrons. The molecule has 0 aliphatic heterocycles. The topological polar surface area (TPSA) is 69.0 Å². The molecule has 0 aliphatic carbocycles. The van der Waals surface area contributed by atoms with E-state index in [4.69, 9.17) is 4.74 Å². The van der Waals surface area contributed by atoms with Crippen LogP contribution in [0.2, 0.25) is 0 Å². The predicted octanol–water partition coefficient (Wildman–Crippen LogP) is 2.40. The lowest BCUT2D eigenvalue weighted by atomic mass is 10.2. The van der Waals surface area contributed by atoms with Gasteiger partial charge in [-0.15, -0.1) is 0 Å². The molecule has 2 heterocycles. The number of para-hydroxylation sites is 1. The first-order valence-corrected chi connectivity index (χ1v) is 7.03. The van der Waals surface area contributed by atoms with Gasteiger partial charge in [-0.3, -0.25) is 9.36 Å². The normalized spacial score (nSPS) is 10.8. The van der Waals surface area contributed by atoms with Crippen LogP contribution in [0.25, 0.3) is 16.7 Å². The minimum absolute atomic E-state index is 0.0358. The van der Waals surface area contributed by atoms with Crippen LogP contribution in [-0.4, -0.2) is 33.7 Å². The second kappa shape index (κ2) is 6.36. The van der Waals surface area contributed by atoms with E-state index in [0.29, 0.717) is 12.3 Å². The van der Waals surface area contributed by atoms with E-state index in [0.717, 1.165) is 16.7 Å². The van der Waals surface area contributed by atoms with Crippen LogP contribution in [0.5, 0.6) is 0 Å². The Morgan fingerprint density at radius 2 is 2.23 bits per heavy atom. The molecule has 1 aromatic carbocycles. The van der Waals surface area contributed by atoms with Gasteiger partial charge in [-0.25, -0.2) is 9.97 Å². The summed E-state index contributed by atoms with van der Waals surface area (Å²) in [5.41, 5.74) is 1.41. The highest BCUT2D eigenvalue weighted by molar-refractivity contribution is 6.00. The molecule has 0 aliphatic rings. The molecule has 3 rings (SSSR count). The third-order valence-electron chi connectivity index (χ3n) is 3.19. The van der Waals surface area contributed by atoms with Gasteiger partial charge in [-0.1, -0.05) is 12.1 Å². The summed E-state index contributed by atoms with van der Waals surface area (Å²) in [6.45, 7) is 2.39. The number of pyridine rings is 1. The van der Waals surface area contributed by atoms with Crippen molar-refractivity contribution >= 4 is 22.5 Å². The minimum atomic E-state index is -0.191. The molecule has 0 saturated heterocycles. The Morgan fingerprint density at radius 3 is 3.00 bits per heavy atom. The summed E-state index contributed by atoms with van der Waals surface area (Å²) in [7, 11) is 0. The molecule has 112 valence electrons. The average molecular weight is 296 g/mol. The van der Waals surface area contributed by atoms with Crippen LogP contribution in [0, 0.1) is 0 Å². The summed E-state index contributed by atoms with van der Waals surface area (Å²) in [6, 6.07) is 9.55. The largest absolute Gasteiger partial charge is 0.372 e. The van der Waals surface area contributed by atoms with E-state index in [1.54, 1.807) is 12.5 Å². The highest BCUT2D eigenvalue weighted by Gasteiger charge is 2.08. The van der Waals surface area contributed by atoms with Gasteiger partial charge >= 0.3 is 0 Å². The lowest BCUT2D eigenvalue weighted by Crippen LogP contribution is -2.18. The third kappa shape index (κ3) is 2.96. The van der Waals surface area contributed by atoms with Gasteiger partial charge < -0.3 is 10.1 Å². The van der Waals surface area contributed by atoms with Crippen molar-refractivity contribution in [1.82, 2.24) is 14.5 Å². The van der Waals surface area contributed by atoms with Crippen molar-refractivity contribution in [3.8, 4) is 5.82 Å². The maximum Gasteiger partial charge on any atom is 0.250 e. The van der Waals surface area contributed by atoms with Crippen LogP contribution in [0.3, 0.4) is 0 Å². The van der Waals surface area contributed by atoms with Crippen LogP contribution in [-0.2, 0) is 9.53 Å². The fourth-order valence-corrected chi connectivity index (χ4v) is 2.16. The van der Waals surface area contributed by atoms with Crippen LogP contribution < -0.4 is 5.32 Å². The van der Waals surface area contributed by atoms with Crippen molar-refractivity contribution in [2.45, 2.75) is 6.92 Å². The molecule has 22 heavy (non-hydrogen) atoms. The van der Waals surface area contributed by atoms with Crippen LogP contribution in [0.15, 0.2) is 49.1 Å². The van der Waals surface area contributed by atoms with E-state index < -0.39 is 0 Å². The van der Waals surface area contributed by atoms with E-state index in [1.165, 1.54) is 0 Å². The Labute approximate surface area is 127 Å². The lowest BCUT2D eigenvalue weighted by Gasteiger charge is -2.10. The summed E-state index contributed by atoms with van der Waals surface area (Å²) in [5.74, 6) is 0.556. The van der Waals surface area contributed by atoms with Gasteiger partial charge in [0.15, 0.2) is 0 Å². The van der Waals surface area contributed by atoms with E-state index in [9.17, 15) is 4.79 Å². The number of nitrogens with zero attached hydrogens (tertiary/aromatic N) is 3. The van der Waals surface area contributed by atoms with Crippen molar-refractivity contribution in [3.05, 3.63) is 49.1 Å². The first-order chi connectivity index (χ1) is 10.8. The maximum absolute atomic E-state index is 11.8. The molecule has 0 spiro atoms. The monoisotopic (exact) mass is 296 g/mol. The molecule has 0 unspecified atom stereocenters. The standard InChI is InChI=1S/C16H16N4O2/c1-2-22-10-15(21)18-13-5-3-4-12-6-7-14(19-16(12)13)20-9-8-17-11-20/h3-9,11H,2,10H2,1H3,(H,18,21). The molecule has 1 N–H and O–H groups in total. The van der Waals surface area contributed by atoms with Crippen molar-refractivity contribution in [1.29, 1.82) is 0 Å². The summed E-state index contributed by atoms with van der Waals surface area (Å²) in [6.07, 6.45) is 5.20. The fourth-order valence-electron chi connectivity index (χ4n) is 2.16. The number of benzene rings is 1. The van der Waals surface area contributed by atoms with Gasteiger partial charge in [-0.2, -0.15) is 0 Å². The smallest absolute Gasteiger partial charge is 0.250 e. The maximum atomic E-state index is 11.8. The second-order valence-electron chi connectivity index (χ2n) is 4.70. The zero-order valence-corrected chi connectivity index (χ0v) is 12.2. The quantitative estimate of drug-likeness (QED) is 0.785. The molecule has 0 fully saturated rings. The number of hydrogen-bond acceptors (Lipinski definition) is 4. The number of carbonyl (C=O) groups is 1. The number of ether oxygens (including phenoxy) is 1.